The molecule has 0 aliphatic heterocycles. The maximum absolute atomic E-state index is 11.0. The third kappa shape index (κ3) is 4.16. The monoisotopic (exact) mass is 346 g/mol. The second-order valence-electron chi connectivity index (χ2n) is 6.09. The summed E-state index contributed by atoms with van der Waals surface area (Å²) < 4.78 is 0. The Balaban J connectivity index is 2.04. The van der Waals surface area contributed by atoms with Crippen LogP contribution in [0.15, 0.2) is 72.8 Å². The number of carbonyl (C=O) groups is 2. The van der Waals surface area contributed by atoms with Crippen LogP contribution >= 0.6 is 0 Å². The second-order valence-corrected chi connectivity index (χ2v) is 6.09. The summed E-state index contributed by atoms with van der Waals surface area (Å²) in [7, 11) is 0. The topological polar surface area (TPSA) is 74.6 Å². The fraction of sp³-hybridized carbons (Fsp3) is 0.0909. The Bertz CT molecular complexity index is 881. The molecule has 3 rings (SSSR count). The van der Waals surface area contributed by atoms with Crippen LogP contribution < -0.4 is 0 Å². The van der Waals surface area contributed by atoms with Gasteiger partial charge in [0, 0.05) is 0 Å². The average molecular weight is 346 g/mol. The van der Waals surface area contributed by atoms with E-state index < -0.39 is 11.9 Å². The van der Waals surface area contributed by atoms with Crippen molar-refractivity contribution < 1.29 is 19.8 Å². The maximum Gasteiger partial charge on any atom is 0.307 e. The fourth-order valence-corrected chi connectivity index (χ4v) is 3.03. The molecule has 2 N–H and O–H groups in total. The van der Waals surface area contributed by atoms with Gasteiger partial charge in [-0.25, -0.2) is 0 Å². The van der Waals surface area contributed by atoms with Crippen LogP contribution in [0.3, 0.4) is 0 Å². The summed E-state index contributed by atoms with van der Waals surface area (Å²) in [6.07, 6.45) is -0.0474. The molecule has 0 heterocycles. The molecule has 4 heteroatoms. The predicted molar refractivity (Wildman–Crippen MR) is 100.0 cm³/mol. The minimum absolute atomic E-state index is 0.0237. The lowest BCUT2D eigenvalue weighted by atomic mass is 9.92. The van der Waals surface area contributed by atoms with Crippen LogP contribution in [-0.4, -0.2) is 22.2 Å². The lowest BCUT2D eigenvalue weighted by Crippen LogP contribution is -2.00. The van der Waals surface area contributed by atoms with E-state index in [9.17, 15) is 9.59 Å². The van der Waals surface area contributed by atoms with E-state index in [0.29, 0.717) is 0 Å². The first-order chi connectivity index (χ1) is 12.5. The zero-order valence-electron chi connectivity index (χ0n) is 14.1. The molecular weight excluding hydrogens is 328 g/mol. The van der Waals surface area contributed by atoms with Gasteiger partial charge in [0.1, 0.15) is 0 Å². The molecule has 3 aromatic carbocycles. The van der Waals surface area contributed by atoms with Crippen molar-refractivity contribution in [1.29, 1.82) is 0 Å². The Hall–Kier alpha value is -3.40. The van der Waals surface area contributed by atoms with Gasteiger partial charge in [-0.1, -0.05) is 72.8 Å². The zero-order chi connectivity index (χ0) is 18.5. The van der Waals surface area contributed by atoms with Gasteiger partial charge in [0.2, 0.25) is 0 Å². The number of benzene rings is 3. The highest BCUT2D eigenvalue weighted by molar-refractivity contribution is 5.84. The van der Waals surface area contributed by atoms with Gasteiger partial charge in [-0.3, -0.25) is 9.59 Å². The van der Waals surface area contributed by atoms with E-state index in [4.69, 9.17) is 10.2 Å². The van der Waals surface area contributed by atoms with Gasteiger partial charge in [-0.05, 0) is 33.4 Å². The van der Waals surface area contributed by atoms with Gasteiger partial charge < -0.3 is 10.2 Å². The van der Waals surface area contributed by atoms with Crippen molar-refractivity contribution in [2.75, 3.05) is 0 Å². The minimum atomic E-state index is -0.864. The fourth-order valence-electron chi connectivity index (χ4n) is 3.03. The first-order valence-corrected chi connectivity index (χ1v) is 8.24. The highest BCUT2D eigenvalue weighted by Gasteiger charge is 2.10. The van der Waals surface area contributed by atoms with Crippen LogP contribution in [0.1, 0.15) is 11.1 Å². The maximum atomic E-state index is 11.0. The summed E-state index contributed by atoms with van der Waals surface area (Å²) >= 11 is 0. The van der Waals surface area contributed by atoms with E-state index in [0.717, 1.165) is 33.4 Å². The molecule has 3 aromatic rings. The van der Waals surface area contributed by atoms with E-state index in [1.807, 2.05) is 60.7 Å². The van der Waals surface area contributed by atoms with Gasteiger partial charge >= 0.3 is 11.9 Å². The molecule has 0 unspecified atom stereocenters. The predicted octanol–water partition coefficient (Wildman–Crippen LogP) is 4.27. The molecule has 0 aromatic heterocycles. The summed E-state index contributed by atoms with van der Waals surface area (Å²) in [5, 5.41) is 18.0. The van der Waals surface area contributed by atoms with Gasteiger partial charge in [0.05, 0.1) is 12.8 Å². The van der Waals surface area contributed by atoms with Gasteiger partial charge in [0.15, 0.2) is 0 Å². The van der Waals surface area contributed by atoms with Gasteiger partial charge in [-0.15, -0.1) is 0 Å². The van der Waals surface area contributed by atoms with E-state index >= 15 is 0 Å². The number of carboxylic acid groups (broad SMARTS) is 2. The number of hydrogen-bond acceptors (Lipinski definition) is 2. The van der Waals surface area contributed by atoms with Crippen molar-refractivity contribution in [2.24, 2.45) is 0 Å². The van der Waals surface area contributed by atoms with Crippen LogP contribution in [0, 0.1) is 0 Å². The molecule has 0 amide bonds. The molecule has 0 aliphatic carbocycles. The SMILES string of the molecule is O=C(O)Cc1cccc(-c2ccccc2-c2cccc(CC(=O)O)c2)c1. The molecule has 130 valence electrons. The average Bonchev–Trinajstić information content (AvgIpc) is 2.61. The summed E-state index contributed by atoms with van der Waals surface area (Å²) in [6.45, 7) is 0. The molecule has 0 spiro atoms. The third-order valence-electron chi connectivity index (χ3n) is 4.11. The normalized spacial score (nSPS) is 10.5. The van der Waals surface area contributed by atoms with Gasteiger partial charge in [-0.2, -0.15) is 0 Å². The largest absolute Gasteiger partial charge is 0.481 e. The third-order valence-corrected chi connectivity index (χ3v) is 4.11. The molecule has 4 nitrogen and oxygen atoms in total. The Morgan fingerprint density at radius 1 is 0.615 bits per heavy atom. The van der Waals surface area contributed by atoms with Crippen molar-refractivity contribution in [3.63, 3.8) is 0 Å². The Kier molecular flexibility index (Phi) is 5.13. The molecule has 0 saturated carbocycles. The van der Waals surface area contributed by atoms with E-state index in [-0.39, 0.29) is 12.8 Å². The smallest absolute Gasteiger partial charge is 0.307 e. The first kappa shape index (κ1) is 17.4. The summed E-state index contributed by atoms with van der Waals surface area (Å²) in [4.78, 5) is 22.0. The van der Waals surface area contributed by atoms with Gasteiger partial charge in [0.25, 0.3) is 0 Å². The molecular formula is C22H18O4. The summed E-state index contributed by atoms with van der Waals surface area (Å²) in [5.74, 6) is -1.73. The first-order valence-electron chi connectivity index (χ1n) is 8.24. The van der Waals surface area contributed by atoms with Crippen LogP contribution in [0.5, 0.6) is 0 Å². The number of carboxylic acids is 2. The highest BCUT2D eigenvalue weighted by Crippen LogP contribution is 2.33. The molecule has 0 aliphatic rings. The molecule has 0 bridgehead atoms. The minimum Gasteiger partial charge on any atom is -0.481 e. The van der Waals surface area contributed by atoms with Crippen molar-refractivity contribution in [1.82, 2.24) is 0 Å². The van der Waals surface area contributed by atoms with Crippen molar-refractivity contribution in [3.05, 3.63) is 83.9 Å². The molecule has 0 saturated heterocycles. The number of rotatable bonds is 6. The zero-order valence-corrected chi connectivity index (χ0v) is 14.1. The van der Waals surface area contributed by atoms with Crippen LogP contribution in [0.4, 0.5) is 0 Å². The van der Waals surface area contributed by atoms with Crippen LogP contribution in [0.2, 0.25) is 0 Å². The van der Waals surface area contributed by atoms with Crippen molar-refractivity contribution in [3.8, 4) is 22.3 Å². The summed E-state index contributed by atoms with van der Waals surface area (Å²) in [5.41, 5.74) is 5.30. The lowest BCUT2D eigenvalue weighted by molar-refractivity contribution is -0.137. The Morgan fingerprint density at radius 3 is 1.42 bits per heavy atom. The van der Waals surface area contributed by atoms with Crippen LogP contribution in [-0.2, 0) is 22.4 Å². The highest BCUT2D eigenvalue weighted by atomic mass is 16.4. The molecule has 0 radical (unpaired) electrons. The number of hydrogen-bond donors (Lipinski definition) is 2. The van der Waals surface area contributed by atoms with E-state index in [1.165, 1.54) is 0 Å². The van der Waals surface area contributed by atoms with Crippen molar-refractivity contribution >= 4 is 11.9 Å². The Labute approximate surface area is 151 Å². The van der Waals surface area contributed by atoms with E-state index in [2.05, 4.69) is 0 Å². The van der Waals surface area contributed by atoms with Crippen molar-refractivity contribution in [2.45, 2.75) is 12.8 Å². The summed E-state index contributed by atoms with van der Waals surface area (Å²) in [6, 6.07) is 22.8. The quantitative estimate of drug-likeness (QED) is 0.699. The Morgan fingerprint density at radius 2 is 1.04 bits per heavy atom. The van der Waals surface area contributed by atoms with Crippen LogP contribution in [0.25, 0.3) is 22.3 Å². The molecule has 0 fully saturated rings. The number of aliphatic carboxylic acids is 2. The second kappa shape index (κ2) is 7.66. The lowest BCUT2D eigenvalue weighted by Gasteiger charge is -2.12. The molecule has 26 heavy (non-hydrogen) atoms. The molecule has 0 atom stereocenters. The standard InChI is InChI=1S/C22H18O4/c23-21(24)13-15-5-3-7-17(11-15)19-9-1-2-10-20(19)18-8-4-6-16(12-18)14-22(25)26/h1-12H,13-14H2,(H,23,24)(H,25,26). The van der Waals surface area contributed by atoms with E-state index in [1.54, 1.807) is 12.1 Å².